The Balaban J connectivity index is 2.36. The van der Waals surface area contributed by atoms with Crippen LogP contribution in [0.1, 0.15) is 29.6 Å². The summed E-state index contributed by atoms with van der Waals surface area (Å²) in [4.78, 5) is 22.3. The zero-order valence-electron chi connectivity index (χ0n) is 11.9. The zero-order chi connectivity index (χ0) is 15.7. The highest BCUT2D eigenvalue weighted by molar-refractivity contribution is 7.98. The van der Waals surface area contributed by atoms with Crippen LogP contribution in [0.25, 0.3) is 0 Å². The maximum Gasteiger partial charge on any atom is 0.335 e. The van der Waals surface area contributed by atoms with Gasteiger partial charge in [-0.05, 0) is 43.0 Å². The van der Waals surface area contributed by atoms with E-state index in [2.05, 4.69) is 16.9 Å². The lowest BCUT2D eigenvalue weighted by atomic mass is 10.2. The number of benzene rings is 1. The van der Waals surface area contributed by atoms with Crippen molar-refractivity contribution in [3.63, 3.8) is 0 Å². The Morgan fingerprint density at radius 3 is 2.62 bits per heavy atom. The summed E-state index contributed by atoms with van der Waals surface area (Å²) in [7, 11) is 0. The molecule has 0 aliphatic rings. The molecule has 0 saturated heterocycles. The van der Waals surface area contributed by atoms with Crippen LogP contribution < -0.4 is 10.6 Å². The fourth-order valence-electron chi connectivity index (χ4n) is 1.69. The summed E-state index contributed by atoms with van der Waals surface area (Å²) < 4.78 is 0. The molecule has 21 heavy (non-hydrogen) atoms. The highest BCUT2D eigenvalue weighted by Crippen LogP contribution is 2.24. The molecule has 1 rings (SSSR count). The van der Waals surface area contributed by atoms with E-state index in [9.17, 15) is 14.7 Å². The lowest BCUT2D eigenvalue weighted by molar-refractivity contribution is 0.0696. The molecule has 2 amide bonds. The Hall–Kier alpha value is -1.89. The lowest BCUT2D eigenvalue weighted by Gasteiger charge is -2.09. The van der Waals surface area contributed by atoms with Gasteiger partial charge >= 0.3 is 12.0 Å². The number of aromatic carboxylic acids is 1. The van der Waals surface area contributed by atoms with E-state index in [1.807, 2.05) is 0 Å². The predicted octanol–water partition coefficient (Wildman–Crippen LogP) is 2.75. The largest absolute Gasteiger partial charge is 0.506 e. The molecular formula is C14H20N2O4S. The number of carbonyl (C=O) groups excluding carboxylic acids is 1. The van der Waals surface area contributed by atoms with Crippen molar-refractivity contribution in [3.8, 4) is 5.75 Å². The van der Waals surface area contributed by atoms with Crippen LogP contribution in [0.5, 0.6) is 5.75 Å². The van der Waals surface area contributed by atoms with Gasteiger partial charge < -0.3 is 20.8 Å². The minimum Gasteiger partial charge on any atom is -0.506 e. The molecule has 0 aromatic heterocycles. The first-order chi connectivity index (χ1) is 10.0. The number of rotatable bonds is 8. The van der Waals surface area contributed by atoms with Crippen LogP contribution in [0.2, 0.25) is 0 Å². The monoisotopic (exact) mass is 312 g/mol. The van der Waals surface area contributed by atoms with Crippen molar-refractivity contribution >= 4 is 29.4 Å². The molecule has 0 unspecified atom stereocenters. The molecule has 0 saturated carbocycles. The van der Waals surface area contributed by atoms with E-state index in [-0.39, 0.29) is 17.0 Å². The van der Waals surface area contributed by atoms with Crippen molar-refractivity contribution in [1.29, 1.82) is 0 Å². The van der Waals surface area contributed by atoms with Gasteiger partial charge in [0, 0.05) is 6.54 Å². The van der Waals surface area contributed by atoms with E-state index in [1.165, 1.54) is 12.1 Å². The van der Waals surface area contributed by atoms with E-state index in [0.29, 0.717) is 6.54 Å². The third kappa shape index (κ3) is 6.40. The molecule has 0 aliphatic heterocycles. The summed E-state index contributed by atoms with van der Waals surface area (Å²) in [5.41, 5.74) is 0.145. The number of urea groups is 1. The summed E-state index contributed by atoms with van der Waals surface area (Å²) in [6.07, 6.45) is 5.15. The average molecular weight is 312 g/mol. The summed E-state index contributed by atoms with van der Waals surface area (Å²) in [5.74, 6) is -0.285. The van der Waals surface area contributed by atoms with E-state index < -0.39 is 12.0 Å². The molecule has 0 atom stereocenters. The number of carbonyl (C=O) groups is 2. The van der Waals surface area contributed by atoms with E-state index >= 15 is 0 Å². The van der Waals surface area contributed by atoms with Crippen LogP contribution in [-0.4, -0.2) is 40.8 Å². The Morgan fingerprint density at radius 2 is 2.00 bits per heavy atom. The number of carboxylic acid groups (broad SMARTS) is 1. The highest BCUT2D eigenvalue weighted by Gasteiger charge is 2.09. The SMILES string of the molecule is CSCCCCCNC(=O)Nc1ccc(C(=O)O)cc1O. The number of unbranched alkanes of at least 4 members (excludes halogenated alkanes) is 2. The molecular weight excluding hydrogens is 292 g/mol. The normalized spacial score (nSPS) is 10.1. The van der Waals surface area contributed by atoms with Gasteiger partial charge in [-0.15, -0.1) is 0 Å². The topological polar surface area (TPSA) is 98.7 Å². The predicted molar refractivity (Wildman–Crippen MR) is 84.3 cm³/mol. The van der Waals surface area contributed by atoms with Crippen molar-refractivity contribution < 1.29 is 19.8 Å². The van der Waals surface area contributed by atoms with E-state index in [0.717, 1.165) is 31.1 Å². The smallest absolute Gasteiger partial charge is 0.335 e. The van der Waals surface area contributed by atoms with Crippen molar-refractivity contribution in [1.82, 2.24) is 5.32 Å². The number of phenols is 1. The second-order valence-corrected chi connectivity index (χ2v) is 5.46. The second kappa shape index (κ2) is 9.12. The Kier molecular flexibility index (Phi) is 7.45. The molecule has 0 aliphatic carbocycles. The second-order valence-electron chi connectivity index (χ2n) is 4.47. The Bertz CT molecular complexity index is 494. The Morgan fingerprint density at radius 1 is 1.24 bits per heavy atom. The highest BCUT2D eigenvalue weighted by atomic mass is 32.2. The number of hydrogen-bond acceptors (Lipinski definition) is 4. The third-order valence-electron chi connectivity index (χ3n) is 2.80. The number of carboxylic acids is 1. The van der Waals surface area contributed by atoms with Crippen molar-refractivity contribution in [2.24, 2.45) is 0 Å². The van der Waals surface area contributed by atoms with Crippen molar-refractivity contribution in [3.05, 3.63) is 23.8 Å². The fourth-order valence-corrected chi connectivity index (χ4v) is 2.18. The molecule has 0 heterocycles. The molecule has 116 valence electrons. The average Bonchev–Trinajstić information content (AvgIpc) is 2.44. The van der Waals surface area contributed by atoms with E-state index in [4.69, 9.17) is 5.11 Å². The van der Waals surface area contributed by atoms with Gasteiger partial charge in [0.1, 0.15) is 5.75 Å². The summed E-state index contributed by atoms with van der Waals surface area (Å²) >= 11 is 1.80. The first-order valence-corrected chi connectivity index (χ1v) is 8.04. The minimum atomic E-state index is -1.13. The number of phenolic OH excluding ortho intramolecular Hbond substituents is 1. The zero-order valence-corrected chi connectivity index (χ0v) is 12.7. The molecule has 1 aromatic rings. The minimum absolute atomic E-state index is 0.0350. The number of hydrogen-bond donors (Lipinski definition) is 4. The molecule has 0 fully saturated rings. The van der Waals surface area contributed by atoms with Crippen LogP contribution in [0.4, 0.5) is 10.5 Å². The van der Waals surface area contributed by atoms with Gasteiger partial charge in [0.15, 0.2) is 0 Å². The number of aromatic hydroxyl groups is 1. The quantitative estimate of drug-likeness (QED) is 0.437. The van der Waals surface area contributed by atoms with E-state index in [1.54, 1.807) is 11.8 Å². The van der Waals surface area contributed by atoms with Crippen molar-refractivity contribution in [2.45, 2.75) is 19.3 Å². The first kappa shape index (κ1) is 17.2. The molecule has 0 bridgehead atoms. The van der Waals surface area contributed by atoms with Crippen LogP contribution >= 0.6 is 11.8 Å². The third-order valence-corrected chi connectivity index (χ3v) is 3.50. The lowest BCUT2D eigenvalue weighted by Crippen LogP contribution is -2.29. The van der Waals surface area contributed by atoms with Crippen LogP contribution in [0.3, 0.4) is 0 Å². The molecule has 0 radical (unpaired) electrons. The van der Waals surface area contributed by atoms with Crippen molar-refractivity contribution in [2.75, 3.05) is 23.9 Å². The fraction of sp³-hybridized carbons (Fsp3) is 0.429. The van der Waals surface area contributed by atoms with Gasteiger partial charge in [0.25, 0.3) is 0 Å². The Labute approximate surface area is 127 Å². The standard InChI is InChI=1S/C14H20N2O4S/c1-21-8-4-2-3-7-15-14(20)16-11-6-5-10(13(18)19)9-12(11)17/h5-6,9,17H,2-4,7-8H2,1H3,(H,18,19)(H2,15,16,20). The van der Waals surface area contributed by atoms with Gasteiger partial charge in [-0.1, -0.05) is 6.42 Å². The van der Waals surface area contributed by atoms with Gasteiger partial charge in [0.05, 0.1) is 11.3 Å². The maximum atomic E-state index is 11.6. The van der Waals surface area contributed by atoms with Gasteiger partial charge in [-0.25, -0.2) is 9.59 Å². The number of nitrogens with one attached hydrogen (secondary N) is 2. The molecule has 1 aromatic carbocycles. The van der Waals surface area contributed by atoms with Gasteiger partial charge in [-0.2, -0.15) is 11.8 Å². The number of thioether (sulfide) groups is 1. The van der Waals surface area contributed by atoms with Gasteiger partial charge in [0.2, 0.25) is 0 Å². The number of amides is 2. The first-order valence-electron chi connectivity index (χ1n) is 6.64. The molecule has 4 N–H and O–H groups in total. The van der Waals surface area contributed by atoms with Crippen LogP contribution in [-0.2, 0) is 0 Å². The summed E-state index contributed by atoms with van der Waals surface area (Å²) in [6, 6.07) is 3.36. The van der Waals surface area contributed by atoms with Crippen LogP contribution in [0.15, 0.2) is 18.2 Å². The summed E-state index contributed by atoms with van der Waals surface area (Å²) in [5, 5.41) is 23.6. The molecule has 0 spiro atoms. The van der Waals surface area contributed by atoms with Crippen LogP contribution in [0, 0.1) is 0 Å². The molecule has 6 nitrogen and oxygen atoms in total. The van der Waals surface area contributed by atoms with Gasteiger partial charge in [-0.3, -0.25) is 0 Å². The summed E-state index contributed by atoms with van der Waals surface area (Å²) in [6.45, 7) is 0.564. The maximum absolute atomic E-state index is 11.6. The molecule has 7 heteroatoms. The number of anilines is 1.